The van der Waals surface area contributed by atoms with Gasteiger partial charge in [-0.25, -0.2) is 0 Å². The lowest BCUT2D eigenvalue weighted by Crippen LogP contribution is -2.22. The highest BCUT2D eigenvalue weighted by atomic mass is 16.6. The van der Waals surface area contributed by atoms with Crippen molar-refractivity contribution in [2.75, 3.05) is 13.2 Å². The van der Waals surface area contributed by atoms with Crippen LogP contribution in [0.4, 0.5) is 0 Å². The van der Waals surface area contributed by atoms with Crippen molar-refractivity contribution in [3.05, 3.63) is 0 Å². The minimum atomic E-state index is 0.0725. The second-order valence-electron chi connectivity index (χ2n) is 2.93. The summed E-state index contributed by atoms with van der Waals surface area (Å²) in [5.74, 6) is 0.0725. The Morgan fingerprint density at radius 1 is 1.05 bits per heavy atom. The molecule has 0 saturated heterocycles. The van der Waals surface area contributed by atoms with Gasteiger partial charge in [0.2, 0.25) is 5.91 Å². The van der Waals surface area contributed by atoms with E-state index in [1.807, 2.05) is 62.3 Å². The standard InChI is InChI=1S/C9H18N2O2.3C2H6/c1-4-10-9(12)6-5-7-13-11-8(2)3;3*1-2/h4-7H2,1-3H3,(H,10,12);3*1-2H3. The van der Waals surface area contributed by atoms with Gasteiger partial charge in [0.05, 0.1) is 5.71 Å². The van der Waals surface area contributed by atoms with Crippen molar-refractivity contribution in [1.29, 1.82) is 0 Å². The van der Waals surface area contributed by atoms with Gasteiger partial charge in [-0.3, -0.25) is 4.79 Å². The van der Waals surface area contributed by atoms with Crippen LogP contribution >= 0.6 is 0 Å². The molecule has 118 valence electrons. The Labute approximate surface area is 121 Å². The van der Waals surface area contributed by atoms with Gasteiger partial charge in [-0.1, -0.05) is 46.7 Å². The Bertz CT molecular complexity index is 177. The summed E-state index contributed by atoms with van der Waals surface area (Å²) in [4.78, 5) is 15.9. The highest BCUT2D eigenvalue weighted by molar-refractivity contribution is 5.78. The molecule has 0 fully saturated rings. The number of oxime groups is 1. The van der Waals surface area contributed by atoms with E-state index in [-0.39, 0.29) is 5.91 Å². The Morgan fingerprint density at radius 3 is 1.89 bits per heavy atom. The van der Waals surface area contributed by atoms with Crippen molar-refractivity contribution >= 4 is 11.6 Å². The number of nitrogens with zero attached hydrogens (tertiary/aromatic N) is 1. The van der Waals surface area contributed by atoms with Gasteiger partial charge in [-0.05, 0) is 27.2 Å². The van der Waals surface area contributed by atoms with Gasteiger partial charge < -0.3 is 10.2 Å². The Kier molecular flexibility index (Phi) is 42.1. The molecule has 1 amide bonds. The Hall–Kier alpha value is -1.06. The lowest BCUT2D eigenvalue weighted by molar-refractivity contribution is -0.121. The molecule has 0 spiro atoms. The zero-order chi connectivity index (χ0) is 16.1. The van der Waals surface area contributed by atoms with E-state index in [0.717, 1.165) is 5.71 Å². The number of carbonyl (C=O) groups excluding carboxylic acids is 1. The number of hydrogen-bond acceptors (Lipinski definition) is 3. The van der Waals surface area contributed by atoms with Crippen LogP contribution in [0.2, 0.25) is 0 Å². The fraction of sp³-hybridized carbons (Fsp3) is 0.867. The molecule has 4 heteroatoms. The van der Waals surface area contributed by atoms with Gasteiger partial charge in [-0.2, -0.15) is 0 Å². The zero-order valence-corrected chi connectivity index (χ0v) is 14.6. The van der Waals surface area contributed by atoms with Gasteiger partial charge in [0, 0.05) is 13.0 Å². The molecule has 0 aliphatic carbocycles. The number of amides is 1. The third-order valence-electron chi connectivity index (χ3n) is 1.26. The van der Waals surface area contributed by atoms with E-state index in [4.69, 9.17) is 4.84 Å². The molecule has 0 aliphatic heterocycles. The van der Waals surface area contributed by atoms with Crippen LogP contribution in [0.1, 0.15) is 75.2 Å². The van der Waals surface area contributed by atoms with E-state index in [9.17, 15) is 4.79 Å². The van der Waals surface area contributed by atoms with Crippen LogP contribution < -0.4 is 5.32 Å². The molecule has 0 unspecified atom stereocenters. The summed E-state index contributed by atoms with van der Waals surface area (Å²) in [6.07, 6.45) is 1.22. The third-order valence-corrected chi connectivity index (χ3v) is 1.26. The molecular weight excluding hydrogens is 240 g/mol. The maximum atomic E-state index is 10.9. The van der Waals surface area contributed by atoms with Gasteiger partial charge in [0.1, 0.15) is 6.61 Å². The van der Waals surface area contributed by atoms with E-state index in [1.54, 1.807) is 0 Å². The molecule has 0 heterocycles. The number of carbonyl (C=O) groups is 1. The summed E-state index contributed by atoms with van der Waals surface area (Å²) >= 11 is 0. The van der Waals surface area contributed by atoms with Crippen molar-refractivity contribution in [3.8, 4) is 0 Å². The maximum Gasteiger partial charge on any atom is 0.220 e. The van der Waals surface area contributed by atoms with E-state index in [0.29, 0.717) is 26.0 Å². The molecule has 19 heavy (non-hydrogen) atoms. The summed E-state index contributed by atoms with van der Waals surface area (Å²) in [5.41, 5.74) is 0.887. The Morgan fingerprint density at radius 2 is 1.53 bits per heavy atom. The van der Waals surface area contributed by atoms with Crippen molar-refractivity contribution in [2.45, 2.75) is 75.2 Å². The number of hydrogen-bond donors (Lipinski definition) is 1. The average molecular weight is 276 g/mol. The van der Waals surface area contributed by atoms with E-state index in [2.05, 4.69) is 10.5 Å². The molecule has 0 aliphatic rings. The highest BCUT2D eigenvalue weighted by Gasteiger charge is 1.97. The Balaban J connectivity index is -0.000000163. The van der Waals surface area contributed by atoms with Gasteiger partial charge in [-0.15, -0.1) is 0 Å². The summed E-state index contributed by atoms with van der Waals surface area (Å²) < 4.78 is 0. The summed E-state index contributed by atoms with van der Waals surface area (Å²) in [6, 6.07) is 0. The topological polar surface area (TPSA) is 50.7 Å². The second-order valence-corrected chi connectivity index (χ2v) is 2.93. The SMILES string of the molecule is CC.CC.CC.CCNC(=O)CCCON=C(C)C. The molecule has 0 atom stereocenters. The summed E-state index contributed by atoms with van der Waals surface area (Å²) in [5, 5.41) is 6.47. The number of rotatable bonds is 6. The smallest absolute Gasteiger partial charge is 0.220 e. The van der Waals surface area contributed by atoms with E-state index < -0.39 is 0 Å². The molecule has 0 radical (unpaired) electrons. The van der Waals surface area contributed by atoms with Crippen LogP contribution in [0.15, 0.2) is 5.16 Å². The molecule has 0 rings (SSSR count). The van der Waals surface area contributed by atoms with Gasteiger partial charge >= 0.3 is 0 Å². The van der Waals surface area contributed by atoms with Crippen molar-refractivity contribution in [2.24, 2.45) is 5.16 Å². The number of nitrogens with one attached hydrogen (secondary N) is 1. The minimum Gasteiger partial charge on any atom is -0.396 e. The van der Waals surface area contributed by atoms with E-state index in [1.165, 1.54) is 0 Å². The van der Waals surface area contributed by atoms with E-state index >= 15 is 0 Å². The molecular formula is C15H36N2O2. The highest BCUT2D eigenvalue weighted by Crippen LogP contribution is 1.91. The lowest BCUT2D eigenvalue weighted by Gasteiger charge is -2.01. The molecule has 1 N–H and O–H groups in total. The lowest BCUT2D eigenvalue weighted by atomic mass is 10.3. The summed E-state index contributed by atoms with van der Waals surface area (Å²) in [7, 11) is 0. The van der Waals surface area contributed by atoms with Gasteiger partial charge in [0.25, 0.3) is 0 Å². The second kappa shape index (κ2) is 30.2. The van der Waals surface area contributed by atoms with Crippen molar-refractivity contribution in [3.63, 3.8) is 0 Å². The molecule has 4 nitrogen and oxygen atoms in total. The fourth-order valence-electron chi connectivity index (χ4n) is 0.758. The van der Waals surface area contributed by atoms with Crippen LogP contribution in [-0.4, -0.2) is 24.8 Å². The third kappa shape index (κ3) is 38.3. The van der Waals surface area contributed by atoms with Crippen LogP contribution in [0.5, 0.6) is 0 Å². The van der Waals surface area contributed by atoms with Crippen molar-refractivity contribution < 1.29 is 9.63 Å². The predicted molar refractivity (Wildman–Crippen MR) is 86.7 cm³/mol. The van der Waals surface area contributed by atoms with Crippen LogP contribution in [0.3, 0.4) is 0 Å². The van der Waals surface area contributed by atoms with Crippen LogP contribution in [-0.2, 0) is 9.63 Å². The normalized spacial score (nSPS) is 7.21. The van der Waals surface area contributed by atoms with Gasteiger partial charge in [0.15, 0.2) is 0 Å². The molecule has 0 aromatic heterocycles. The van der Waals surface area contributed by atoms with Crippen LogP contribution in [0, 0.1) is 0 Å². The first-order chi connectivity index (χ1) is 9.16. The quantitative estimate of drug-likeness (QED) is 0.444. The predicted octanol–water partition coefficient (Wildman–Crippen LogP) is 4.39. The molecule has 0 aromatic rings. The summed E-state index contributed by atoms with van der Waals surface area (Å²) in [6.45, 7) is 18.8. The fourth-order valence-corrected chi connectivity index (χ4v) is 0.758. The average Bonchev–Trinajstić information content (AvgIpc) is 2.45. The largest absolute Gasteiger partial charge is 0.396 e. The maximum absolute atomic E-state index is 10.9. The first kappa shape index (κ1) is 26.5. The first-order valence-electron chi connectivity index (χ1n) is 7.56. The molecule has 0 saturated carbocycles. The zero-order valence-electron chi connectivity index (χ0n) is 14.6. The monoisotopic (exact) mass is 276 g/mol. The molecule has 0 aromatic carbocycles. The molecule has 0 bridgehead atoms. The first-order valence-corrected chi connectivity index (χ1v) is 7.56. The minimum absolute atomic E-state index is 0.0725. The van der Waals surface area contributed by atoms with Crippen molar-refractivity contribution in [1.82, 2.24) is 5.32 Å². The van der Waals surface area contributed by atoms with Crippen LogP contribution in [0.25, 0.3) is 0 Å².